The number of amides is 1. The van der Waals surface area contributed by atoms with E-state index in [1.54, 1.807) is 4.90 Å². The third kappa shape index (κ3) is 6.23. The van der Waals surface area contributed by atoms with Crippen LogP contribution in [0, 0.1) is 0 Å². The average molecular weight is 426 g/mol. The summed E-state index contributed by atoms with van der Waals surface area (Å²) in [5.74, 6) is 0.572. The molecule has 1 amide bonds. The first-order valence-electron chi connectivity index (χ1n) is 10.6. The van der Waals surface area contributed by atoms with Crippen molar-refractivity contribution in [3.63, 3.8) is 0 Å². The number of nitrogens with zero attached hydrogens (tertiary/aromatic N) is 1. The maximum absolute atomic E-state index is 12.6. The number of aryl methyl sites for hydroxylation is 1. The van der Waals surface area contributed by atoms with Gasteiger partial charge in [0.2, 0.25) is 0 Å². The zero-order valence-electron chi connectivity index (χ0n) is 18.8. The number of hydrogen-bond donors (Lipinski definition) is 0. The van der Waals surface area contributed by atoms with E-state index in [-0.39, 0.29) is 12.1 Å². The number of methoxy groups -OCH3 is 1. The second kappa shape index (κ2) is 9.86. The average Bonchev–Trinajstić information content (AvgIpc) is 2.75. The highest BCUT2D eigenvalue weighted by Crippen LogP contribution is 2.33. The zero-order valence-corrected chi connectivity index (χ0v) is 18.8. The van der Waals surface area contributed by atoms with E-state index in [1.165, 1.54) is 7.11 Å². The smallest absolute Gasteiger partial charge is 0.410 e. The summed E-state index contributed by atoms with van der Waals surface area (Å²) in [7, 11) is 1.39. The van der Waals surface area contributed by atoms with Gasteiger partial charge < -0.3 is 19.1 Å². The molecule has 0 saturated carbocycles. The third-order valence-electron chi connectivity index (χ3n) is 5.18. The highest BCUT2D eigenvalue weighted by molar-refractivity contribution is 5.70. The Bertz CT molecular complexity index is 917. The van der Waals surface area contributed by atoms with Crippen molar-refractivity contribution >= 4 is 12.1 Å². The Kier molecular flexibility index (Phi) is 7.21. The second-order valence-electron chi connectivity index (χ2n) is 8.68. The lowest BCUT2D eigenvalue weighted by Crippen LogP contribution is -2.40. The van der Waals surface area contributed by atoms with Gasteiger partial charge in [0, 0.05) is 25.1 Å². The fourth-order valence-corrected chi connectivity index (χ4v) is 3.63. The Balaban J connectivity index is 1.83. The molecule has 0 atom stereocenters. The topological polar surface area (TPSA) is 65.1 Å². The molecule has 3 rings (SSSR count). The number of ether oxygens (including phenoxy) is 3. The predicted octanol–water partition coefficient (Wildman–Crippen LogP) is 4.66. The molecule has 31 heavy (non-hydrogen) atoms. The van der Waals surface area contributed by atoms with Crippen molar-refractivity contribution in [1.29, 1.82) is 0 Å². The van der Waals surface area contributed by atoms with Gasteiger partial charge in [-0.05, 0) is 56.4 Å². The Labute approximate surface area is 184 Å². The van der Waals surface area contributed by atoms with Crippen LogP contribution in [0.25, 0.3) is 0 Å². The lowest BCUT2D eigenvalue weighted by atomic mass is 9.92. The molecule has 2 aromatic rings. The summed E-state index contributed by atoms with van der Waals surface area (Å²) < 4.78 is 16.5. The zero-order chi connectivity index (χ0) is 22.4. The highest BCUT2D eigenvalue weighted by Gasteiger charge is 2.28. The van der Waals surface area contributed by atoms with Gasteiger partial charge in [0.1, 0.15) is 18.0 Å². The maximum atomic E-state index is 12.6. The van der Waals surface area contributed by atoms with Gasteiger partial charge in [0.05, 0.1) is 7.11 Å². The molecule has 0 radical (unpaired) electrons. The molecule has 0 saturated heterocycles. The van der Waals surface area contributed by atoms with E-state index in [9.17, 15) is 9.59 Å². The molecule has 0 bridgehead atoms. The van der Waals surface area contributed by atoms with Crippen molar-refractivity contribution in [3.05, 3.63) is 64.7 Å². The van der Waals surface area contributed by atoms with Crippen LogP contribution in [0.3, 0.4) is 0 Å². The van der Waals surface area contributed by atoms with Crippen molar-refractivity contribution < 1.29 is 23.8 Å². The first-order valence-corrected chi connectivity index (χ1v) is 10.6. The molecule has 0 aromatic heterocycles. The summed E-state index contributed by atoms with van der Waals surface area (Å²) in [4.78, 5) is 26.0. The van der Waals surface area contributed by atoms with Crippen LogP contribution in [0.2, 0.25) is 0 Å². The van der Waals surface area contributed by atoms with Crippen molar-refractivity contribution in [1.82, 2.24) is 4.90 Å². The quantitative estimate of drug-likeness (QED) is 0.630. The van der Waals surface area contributed by atoms with Gasteiger partial charge in [-0.2, -0.15) is 0 Å². The molecule has 0 fully saturated rings. The second-order valence-corrected chi connectivity index (χ2v) is 8.68. The third-order valence-corrected chi connectivity index (χ3v) is 5.18. The minimum atomic E-state index is -0.550. The molecular formula is C25H31NO5. The molecular weight excluding hydrogens is 394 g/mol. The van der Waals surface area contributed by atoms with Gasteiger partial charge in [0.15, 0.2) is 0 Å². The van der Waals surface area contributed by atoms with Crippen molar-refractivity contribution in [2.45, 2.75) is 58.8 Å². The summed E-state index contributed by atoms with van der Waals surface area (Å²) in [5, 5.41) is 0. The van der Waals surface area contributed by atoms with Gasteiger partial charge in [-0.25, -0.2) is 4.79 Å². The number of rotatable bonds is 6. The molecule has 6 nitrogen and oxygen atoms in total. The molecule has 1 heterocycles. The Hall–Kier alpha value is -3.02. The monoisotopic (exact) mass is 425 g/mol. The van der Waals surface area contributed by atoms with E-state index in [1.807, 2.05) is 63.2 Å². The Morgan fingerprint density at radius 3 is 2.45 bits per heavy atom. The van der Waals surface area contributed by atoms with Gasteiger partial charge in [-0.3, -0.25) is 4.79 Å². The number of hydrogen-bond acceptors (Lipinski definition) is 5. The van der Waals surface area contributed by atoms with Gasteiger partial charge in [-0.15, -0.1) is 0 Å². The Morgan fingerprint density at radius 1 is 1.03 bits per heavy atom. The van der Waals surface area contributed by atoms with Crippen LogP contribution >= 0.6 is 0 Å². The van der Waals surface area contributed by atoms with E-state index in [2.05, 4.69) is 0 Å². The van der Waals surface area contributed by atoms with Gasteiger partial charge in [-0.1, -0.05) is 36.4 Å². The van der Waals surface area contributed by atoms with Crippen LogP contribution in [0.1, 0.15) is 49.4 Å². The standard InChI is InChI=1S/C25H31NO5/c1-25(2,3)31-24(28)26-15-14-20-21(16-26)19(11-13-23(27)29-4)10-12-22(20)30-17-18-8-6-5-7-9-18/h5-10,12H,11,13-17H2,1-4H3. The lowest BCUT2D eigenvalue weighted by molar-refractivity contribution is -0.140. The van der Waals surface area contributed by atoms with Crippen LogP contribution in [0.5, 0.6) is 5.75 Å². The number of carbonyl (C=O) groups is 2. The highest BCUT2D eigenvalue weighted by atomic mass is 16.6. The van der Waals surface area contributed by atoms with Crippen LogP contribution in [0.15, 0.2) is 42.5 Å². The molecule has 1 aliphatic heterocycles. The summed E-state index contributed by atoms with van der Waals surface area (Å²) in [6, 6.07) is 14.0. The number of fused-ring (bicyclic) bond motifs is 1. The molecule has 0 unspecified atom stereocenters. The van der Waals surface area contributed by atoms with Crippen molar-refractivity contribution in [2.24, 2.45) is 0 Å². The van der Waals surface area contributed by atoms with Crippen LogP contribution in [0.4, 0.5) is 4.79 Å². The molecule has 6 heteroatoms. The normalized spacial score (nSPS) is 13.4. The lowest BCUT2D eigenvalue weighted by Gasteiger charge is -2.33. The van der Waals surface area contributed by atoms with Crippen LogP contribution < -0.4 is 4.74 Å². The molecule has 166 valence electrons. The predicted molar refractivity (Wildman–Crippen MR) is 118 cm³/mol. The fourth-order valence-electron chi connectivity index (χ4n) is 3.63. The minimum absolute atomic E-state index is 0.252. The van der Waals surface area contributed by atoms with Gasteiger partial charge in [0.25, 0.3) is 0 Å². The number of benzene rings is 2. The van der Waals surface area contributed by atoms with Crippen LogP contribution in [-0.4, -0.2) is 36.2 Å². The SMILES string of the molecule is COC(=O)CCc1ccc(OCc2ccccc2)c2c1CN(C(=O)OC(C)(C)C)CC2. The van der Waals surface area contributed by atoms with E-state index < -0.39 is 5.60 Å². The fraction of sp³-hybridized carbons (Fsp3) is 0.440. The van der Waals surface area contributed by atoms with E-state index in [4.69, 9.17) is 14.2 Å². The molecule has 0 N–H and O–H groups in total. The first kappa shape index (κ1) is 22.7. The molecule has 1 aliphatic rings. The summed E-state index contributed by atoms with van der Waals surface area (Å²) >= 11 is 0. The summed E-state index contributed by atoms with van der Waals surface area (Å²) in [6.07, 6.45) is 1.19. The van der Waals surface area contributed by atoms with Crippen LogP contribution in [-0.2, 0) is 40.3 Å². The number of carbonyl (C=O) groups excluding carboxylic acids is 2. The first-order chi connectivity index (χ1) is 14.8. The summed E-state index contributed by atoms with van der Waals surface area (Å²) in [5.41, 5.74) is 3.70. The molecule has 0 aliphatic carbocycles. The Morgan fingerprint density at radius 2 is 1.77 bits per heavy atom. The van der Waals surface area contributed by atoms with Gasteiger partial charge >= 0.3 is 12.1 Å². The maximum Gasteiger partial charge on any atom is 0.410 e. The molecule has 0 spiro atoms. The van der Waals surface area contributed by atoms with Crippen molar-refractivity contribution in [2.75, 3.05) is 13.7 Å². The molecule has 2 aromatic carbocycles. The van der Waals surface area contributed by atoms with E-state index >= 15 is 0 Å². The summed E-state index contributed by atoms with van der Waals surface area (Å²) in [6.45, 7) is 7.05. The van der Waals surface area contributed by atoms with E-state index in [0.717, 1.165) is 28.0 Å². The minimum Gasteiger partial charge on any atom is -0.489 e. The number of esters is 1. The largest absolute Gasteiger partial charge is 0.489 e. The van der Waals surface area contributed by atoms with Crippen molar-refractivity contribution in [3.8, 4) is 5.75 Å². The van der Waals surface area contributed by atoms with E-state index in [0.29, 0.717) is 39.0 Å².